The highest BCUT2D eigenvalue weighted by Crippen LogP contribution is 2.17. The summed E-state index contributed by atoms with van der Waals surface area (Å²) in [5.74, 6) is 0.957. The third-order valence-electron chi connectivity index (χ3n) is 3.35. The molecule has 0 amide bonds. The lowest BCUT2D eigenvalue weighted by Crippen LogP contribution is -2.27. The normalized spacial score (nSPS) is 17.2. The van der Waals surface area contributed by atoms with Crippen molar-refractivity contribution in [2.45, 2.75) is 25.7 Å². The van der Waals surface area contributed by atoms with Gasteiger partial charge in [0, 0.05) is 12.2 Å². The molecule has 1 aromatic rings. The highest BCUT2D eigenvalue weighted by Gasteiger charge is 2.11. The molecule has 0 aliphatic carbocycles. The van der Waals surface area contributed by atoms with Gasteiger partial charge in [-0.05, 0) is 56.8 Å². The molecule has 0 aromatic heterocycles. The van der Waals surface area contributed by atoms with Crippen molar-refractivity contribution in [3.8, 4) is 0 Å². The van der Waals surface area contributed by atoms with Crippen LogP contribution in [0, 0.1) is 5.92 Å². The van der Waals surface area contributed by atoms with E-state index in [-0.39, 0.29) is 0 Å². The molecule has 1 fully saturated rings. The van der Waals surface area contributed by atoms with Crippen molar-refractivity contribution in [2.75, 3.05) is 25.0 Å². The Bertz CT molecular complexity index is 278. The molecular formula is C14H22N2. The largest absolute Gasteiger partial charge is 0.385 e. The first-order valence-corrected chi connectivity index (χ1v) is 6.45. The van der Waals surface area contributed by atoms with Crippen LogP contribution in [-0.4, -0.2) is 19.6 Å². The SMILES string of the molecule is c1ccc(NCCCC2CCNCC2)cc1. The Kier molecular flexibility index (Phi) is 4.69. The lowest BCUT2D eigenvalue weighted by atomic mass is 9.93. The van der Waals surface area contributed by atoms with E-state index in [0.717, 1.165) is 12.5 Å². The van der Waals surface area contributed by atoms with Gasteiger partial charge in [0.15, 0.2) is 0 Å². The second-order valence-electron chi connectivity index (χ2n) is 4.63. The van der Waals surface area contributed by atoms with Crippen LogP contribution in [0.4, 0.5) is 5.69 Å². The molecule has 2 heteroatoms. The molecule has 1 aliphatic heterocycles. The van der Waals surface area contributed by atoms with Crippen molar-refractivity contribution in [1.29, 1.82) is 0 Å². The van der Waals surface area contributed by atoms with Gasteiger partial charge in [-0.25, -0.2) is 0 Å². The topological polar surface area (TPSA) is 24.1 Å². The number of anilines is 1. The van der Waals surface area contributed by atoms with Crippen molar-refractivity contribution < 1.29 is 0 Å². The monoisotopic (exact) mass is 218 g/mol. The smallest absolute Gasteiger partial charge is 0.0340 e. The zero-order valence-corrected chi connectivity index (χ0v) is 9.91. The minimum atomic E-state index is 0.957. The molecule has 1 heterocycles. The summed E-state index contributed by atoms with van der Waals surface area (Å²) in [6.07, 6.45) is 5.40. The van der Waals surface area contributed by atoms with Crippen LogP contribution in [0.5, 0.6) is 0 Å². The fourth-order valence-corrected chi connectivity index (χ4v) is 2.35. The molecule has 1 saturated heterocycles. The van der Waals surface area contributed by atoms with E-state index in [1.807, 2.05) is 0 Å². The van der Waals surface area contributed by atoms with Gasteiger partial charge in [0.05, 0.1) is 0 Å². The minimum Gasteiger partial charge on any atom is -0.385 e. The molecule has 88 valence electrons. The third-order valence-corrected chi connectivity index (χ3v) is 3.35. The summed E-state index contributed by atoms with van der Waals surface area (Å²) in [7, 11) is 0. The maximum Gasteiger partial charge on any atom is 0.0340 e. The van der Waals surface area contributed by atoms with Crippen molar-refractivity contribution >= 4 is 5.69 Å². The van der Waals surface area contributed by atoms with Crippen LogP contribution in [-0.2, 0) is 0 Å². The van der Waals surface area contributed by atoms with Crippen LogP contribution in [0.2, 0.25) is 0 Å². The summed E-state index contributed by atoms with van der Waals surface area (Å²) < 4.78 is 0. The first-order valence-electron chi connectivity index (χ1n) is 6.45. The van der Waals surface area contributed by atoms with Gasteiger partial charge in [0.2, 0.25) is 0 Å². The van der Waals surface area contributed by atoms with Crippen LogP contribution in [0.15, 0.2) is 30.3 Å². The predicted octanol–water partition coefficient (Wildman–Crippen LogP) is 2.88. The van der Waals surface area contributed by atoms with Crippen LogP contribution < -0.4 is 10.6 Å². The molecule has 16 heavy (non-hydrogen) atoms. The Balaban J connectivity index is 1.58. The van der Waals surface area contributed by atoms with Gasteiger partial charge < -0.3 is 10.6 Å². The number of benzene rings is 1. The average Bonchev–Trinajstić information content (AvgIpc) is 2.37. The zero-order valence-electron chi connectivity index (χ0n) is 9.91. The average molecular weight is 218 g/mol. The summed E-state index contributed by atoms with van der Waals surface area (Å²) >= 11 is 0. The quantitative estimate of drug-likeness (QED) is 0.743. The molecule has 1 aromatic carbocycles. The van der Waals surface area contributed by atoms with Crippen LogP contribution in [0.25, 0.3) is 0 Å². The van der Waals surface area contributed by atoms with Crippen molar-refractivity contribution in [3.63, 3.8) is 0 Å². The summed E-state index contributed by atoms with van der Waals surface area (Å²) in [5.41, 5.74) is 1.24. The number of para-hydroxylation sites is 1. The standard InChI is InChI=1S/C14H22N2/c1-2-6-14(7-3-1)16-10-4-5-13-8-11-15-12-9-13/h1-3,6-7,13,15-16H,4-5,8-12H2. The number of piperidine rings is 1. The highest BCUT2D eigenvalue weighted by molar-refractivity contribution is 5.42. The second-order valence-corrected chi connectivity index (χ2v) is 4.63. The lowest BCUT2D eigenvalue weighted by molar-refractivity contribution is 0.350. The van der Waals surface area contributed by atoms with Gasteiger partial charge in [-0.1, -0.05) is 18.2 Å². The molecule has 0 bridgehead atoms. The fourth-order valence-electron chi connectivity index (χ4n) is 2.35. The molecule has 0 atom stereocenters. The van der Waals surface area contributed by atoms with Crippen LogP contribution in [0.3, 0.4) is 0 Å². The van der Waals surface area contributed by atoms with Gasteiger partial charge in [-0.2, -0.15) is 0 Å². The maximum absolute atomic E-state index is 3.47. The Hall–Kier alpha value is -1.02. The van der Waals surface area contributed by atoms with Gasteiger partial charge in [0.1, 0.15) is 0 Å². The van der Waals surface area contributed by atoms with E-state index in [2.05, 4.69) is 41.0 Å². The highest BCUT2D eigenvalue weighted by atomic mass is 14.9. The molecule has 2 nitrogen and oxygen atoms in total. The first-order chi connectivity index (χ1) is 7.95. The Morgan fingerprint density at radius 2 is 1.88 bits per heavy atom. The number of nitrogens with one attached hydrogen (secondary N) is 2. The van der Waals surface area contributed by atoms with E-state index in [0.29, 0.717) is 0 Å². The molecule has 2 N–H and O–H groups in total. The van der Waals surface area contributed by atoms with Crippen LogP contribution >= 0.6 is 0 Å². The summed E-state index contributed by atoms with van der Waals surface area (Å²) in [6.45, 7) is 3.54. The summed E-state index contributed by atoms with van der Waals surface area (Å²) in [5, 5.41) is 6.88. The Morgan fingerprint density at radius 3 is 2.62 bits per heavy atom. The van der Waals surface area contributed by atoms with E-state index in [9.17, 15) is 0 Å². The fraction of sp³-hybridized carbons (Fsp3) is 0.571. The van der Waals surface area contributed by atoms with Crippen molar-refractivity contribution in [1.82, 2.24) is 5.32 Å². The predicted molar refractivity (Wildman–Crippen MR) is 69.8 cm³/mol. The van der Waals surface area contributed by atoms with Crippen molar-refractivity contribution in [3.05, 3.63) is 30.3 Å². The van der Waals surface area contributed by atoms with Gasteiger partial charge >= 0.3 is 0 Å². The first kappa shape index (κ1) is 11.5. The van der Waals surface area contributed by atoms with Gasteiger partial charge in [-0.3, -0.25) is 0 Å². The maximum atomic E-state index is 3.47. The Labute approximate surface area is 98.4 Å². The summed E-state index contributed by atoms with van der Waals surface area (Å²) in [4.78, 5) is 0. The van der Waals surface area contributed by atoms with E-state index in [1.54, 1.807) is 0 Å². The lowest BCUT2D eigenvalue weighted by Gasteiger charge is -2.22. The van der Waals surface area contributed by atoms with E-state index >= 15 is 0 Å². The number of hydrogen-bond acceptors (Lipinski definition) is 2. The molecule has 0 spiro atoms. The summed E-state index contributed by atoms with van der Waals surface area (Å²) in [6, 6.07) is 10.5. The number of rotatable bonds is 5. The third kappa shape index (κ3) is 3.86. The van der Waals surface area contributed by atoms with Gasteiger partial charge in [0.25, 0.3) is 0 Å². The van der Waals surface area contributed by atoms with Crippen molar-refractivity contribution in [2.24, 2.45) is 5.92 Å². The molecule has 0 radical (unpaired) electrons. The van der Waals surface area contributed by atoms with Crippen LogP contribution in [0.1, 0.15) is 25.7 Å². The zero-order chi connectivity index (χ0) is 11.1. The van der Waals surface area contributed by atoms with E-state index < -0.39 is 0 Å². The molecule has 2 rings (SSSR count). The second kappa shape index (κ2) is 6.54. The number of hydrogen-bond donors (Lipinski definition) is 2. The molecule has 0 unspecified atom stereocenters. The molecular weight excluding hydrogens is 196 g/mol. The minimum absolute atomic E-state index is 0.957. The van der Waals surface area contributed by atoms with Gasteiger partial charge in [-0.15, -0.1) is 0 Å². The molecule has 1 aliphatic rings. The van der Waals surface area contributed by atoms with E-state index in [1.165, 1.54) is 44.5 Å². The molecule has 0 saturated carbocycles. The van der Waals surface area contributed by atoms with E-state index in [4.69, 9.17) is 0 Å². The Morgan fingerprint density at radius 1 is 1.12 bits per heavy atom.